The highest BCUT2D eigenvalue weighted by atomic mass is 16.4. The van der Waals surface area contributed by atoms with Crippen LogP contribution in [0.4, 0.5) is 0 Å². The van der Waals surface area contributed by atoms with E-state index in [9.17, 15) is 9.59 Å². The fourth-order valence-corrected chi connectivity index (χ4v) is 1.44. The van der Waals surface area contributed by atoms with Crippen molar-refractivity contribution in [3.63, 3.8) is 0 Å². The lowest BCUT2D eigenvalue weighted by Gasteiger charge is -2.17. The molecule has 0 aliphatic rings. The predicted octanol–water partition coefficient (Wildman–Crippen LogP) is 1.16. The van der Waals surface area contributed by atoms with Gasteiger partial charge in [0, 0.05) is 6.04 Å². The molecule has 2 unspecified atom stereocenters. The molecule has 5 heteroatoms. The van der Waals surface area contributed by atoms with Crippen LogP contribution in [-0.4, -0.2) is 28.1 Å². The second-order valence-electron chi connectivity index (χ2n) is 4.33. The van der Waals surface area contributed by atoms with Crippen molar-refractivity contribution in [2.75, 3.05) is 0 Å². The van der Waals surface area contributed by atoms with E-state index < -0.39 is 17.9 Å². The number of carbonyl (C=O) groups is 2. The Morgan fingerprint density at radius 2 is 1.78 bits per heavy atom. The zero-order valence-electron chi connectivity index (χ0n) is 10.4. The molecule has 1 aromatic rings. The second kappa shape index (κ2) is 6.05. The summed E-state index contributed by atoms with van der Waals surface area (Å²) in [6.07, 6.45) is 0.164. The standard InChI is InChI=1S/C13H17NO4/c1-8(13(17)18)9(2)14-12(16)7-10-3-5-11(15)6-4-10/h3-6,8-9,15H,7H2,1-2H3,(H,14,16)(H,17,18). The smallest absolute Gasteiger partial charge is 0.308 e. The van der Waals surface area contributed by atoms with Crippen molar-refractivity contribution in [2.24, 2.45) is 5.92 Å². The number of carboxylic acid groups (broad SMARTS) is 1. The van der Waals surface area contributed by atoms with Gasteiger partial charge in [0.1, 0.15) is 5.75 Å². The molecule has 0 saturated carbocycles. The van der Waals surface area contributed by atoms with E-state index >= 15 is 0 Å². The van der Waals surface area contributed by atoms with Crippen molar-refractivity contribution in [3.05, 3.63) is 29.8 Å². The summed E-state index contributed by atoms with van der Waals surface area (Å²) in [5, 5.41) is 20.6. The Bertz CT molecular complexity index is 427. The summed E-state index contributed by atoms with van der Waals surface area (Å²) in [7, 11) is 0. The largest absolute Gasteiger partial charge is 0.508 e. The highest BCUT2D eigenvalue weighted by molar-refractivity contribution is 5.80. The lowest BCUT2D eigenvalue weighted by atomic mass is 10.0. The van der Waals surface area contributed by atoms with Crippen LogP contribution in [0.5, 0.6) is 5.75 Å². The molecule has 0 aliphatic heterocycles. The van der Waals surface area contributed by atoms with Gasteiger partial charge in [-0.2, -0.15) is 0 Å². The lowest BCUT2D eigenvalue weighted by Crippen LogP contribution is -2.40. The van der Waals surface area contributed by atoms with E-state index in [1.165, 1.54) is 12.1 Å². The van der Waals surface area contributed by atoms with Crippen LogP contribution < -0.4 is 5.32 Å². The van der Waals surface area contributed by atoms with Gasteiger partial charge in [-0.15, -0.1) is 0 Å². The molecule has 18 heavy (non-hydrogen) atoms. The van der Waals surface area contributed by atoms with Gasteiger partial charge in [-0.25, -0.2) is 0 Å². The van der Waals surface area contributed by atoms with Crippen molar-refractivity contribution < 1.29 is 19.8 Å². The molecule has 5 nitrogen and oxygen atoms in total. The summed E-state index contributed by atoms with van der Waals surface area (Å²) >= 11 is 0. The Morgan fingerprint density at radius 1 is 1.22 bits per heavy atom. The van der Waals surface area contributed by atoms with Gasteiger partial charge in [0.05, 0.1) is 12.3 Å². The molecular weight excluding hydrogens is 234 g/mol. The average molecular weight is 251 g/mol. The van der Waals surface area contributed by atoms with Gasteiger partial charge in [-0.05, 0) is 31.5 Å². The van der Waals surface area contributed by atoms with Gasteiger partial charge in [0.25, 0.3) is 0 Å². The fourth-order valence-electron chi connectivity index (χ4n) is 1.44. The Labute approximate surface area is 105 Å². The summed E-state index contributed by atoms with van der Waals surface area (Å²) in [5.41, 5.74) is 0.764. The van der Waals surface area contributed by atoms with Crippen molar-refractivity contribution >= 4 is 11.9 Å². The van der Waals surface area contributed by atoms with Crippen LogP contribution in [0.3, 0.4) is 0 Å². The number of phenolic OH excluding ortho intramolecular Hbond substituents is 1. The minimum absolute atomic E-state index is 0.145. The van der Waals surface area contributed by atoms with E-state index in [-0.39, 0.29) is 18.1 Å². The maximum Gasteiger partial charge on any atom is 0.308 e. The number of aliphatic carboxylic acids is 1. The first-order valence-corrected chi connectivity index (χ1v) is 5.70. The normalized spacial score (nSPS) is 13.7. The van der Waals surface area contributed by atoms with Gasteiger partial charge in [-0.3, -0.25) is 9.59 Å². The highest BCUT2D eigenvalue weighted by Crippen LogP contribution is 2.10. The fraction of sp³-hybridized carbons (Fsp3) is 0.385. The van der Waals surface area contributed by atoms with Crippen molar-refractivity contribution in [1.29, 1.82) is 0 Å². The summed E-state index contributed by atoms with van der Waals surface area (Å²) in [6, 6.07) is 5.89. The number of nitrogens with one attached hydrogen (secondary N) is 1. The summed E-state index contributed by atoms with van der Waals surface area (Å²) in [6.45, 7) is 3.21. The molecule has 3 N–H and O–H groups in total. The molecule has 0 saturated heterocycles. The molecule has 0 aromatic heterocycles. The number of amides is 1. The van der Waals surface area contributed by atoms with E-state index in [0.717, 1.165) is 5.56 Å². The number of phenols is 1. The molecule has 1 amide bonds. The molecule has 0 fully saturated rings. The zero-order chi connectivity index (χ0) is 13.7. The number of hydrogen-bond donors (Lipinski definition) is 3. The molecule has 1 rings (SSSR count). The Hall–Kier alpha value is -2.04. The first-order chi connectivity index (χ1) is 8.40. The van der Waals surface area contributed by atoms with E-state index in [0.29, 0.717) is 0 Å². The third kappa shape index (κ3) is 4.08. The quantitative estimate of drug-likeness (QED) is 0.733. The average Bonchev–Trinajstić information content (AvgIpc) is 2.30. The van der Waals surface area contributed by atoms with Crippen molar-refractivity contribution in [3.8, 4) is 5.75 Å². The number of aromatic hydroxyl groups is 1. The zero-order valence-corrected chi connectivity index (χ0v) is 10.4. The summed E-state index contributed by atoms with van der Waals surface area (Å²) < 4.78 is 0. The van der Waals surface area contributed by atoms with Crippen LogP contribution in [0.25, 0.3) is 0 Å². The van der Waals surface area contributed by atoms with Crippen LogP contribution in [0.1, 0.15) is 19.4 Å². The minimum atomic E-state index is -0.938. The molecule has 0 aliphatic carbocycles. The van der Waals surface area contributed by atoms with Crippen molar-refractivity contribution in [1.82, 2.24) is 5.32 Å². The van der Waals surface area contributed by atoms with Crippen LogP contribution in [-0.2, 0) is 16.0 Å². The predicted molar refractivity (Wildman–Crippen MR) is 66.2 cm³/mol. The van der Waals surface area contributed by atoms with Crippen LogP contribution in [0.2, 0.25) is 0 Å². The minimum Gasteiger partial charge on any atom is -0.508 e. The SMILES string of the molecule is CC(NC(=O)Cc1ccc(O)cc1)C(C)C(=O)O. The highest BCUT2D eigenvalue weighted by Gasteiger charge is 2.20. The van der Waals surface area contributed by atoms with E-state index in [2.05, 4.69) is 5.32 Å². The lowest BCUT2D eigenvalue weighted by molar-refractivity contribution is -0.142. The summed E-state index contributed by atoms with van der Waals surface area (Å²) in [4.78, 5) is 22.4. The van der Waals surface area contributed by atoms with E-state index in [1.54, 1.807) is 26.0 Å². The van der Waals surface area contributed by atoms with Gasteiger partial charge in [0.15, 0.2) is 0 Å². The Balaban J connectivity index is 2.51. The number of benzene rings is 1. The number of hydrogen-bond acceptors (Lipinski definition) is 3. The van der Waals surface area contributed by atoms with E-state index in [4.69, 9.17) is 10.2 Å². The monoisotopic (exact) mass is 251 g/mol. The molecule has 0 spiro atoms. The third-order valence-corrected chi connectivity index (χ3v) is 2.83. The van der Waals surface area contributed by atoms with Gasteiger partial charge in [-0.1, -0.05) is 12.1 Å². The molecule has 0 heterocycles. The first-order valence-electron chi connectivity index (χ1n) is 5.70. The van der Waals surface area contributed by atoms with E-state index in [1.807, 2.05) is 0 Å². The topological polar surface area (TPSA) is 86.6 Å². The summed E-state index contributed by atoms with van der Waals surface area (Å²) in [5.74, 6) is -1.66. The molecule has 98 valence electrons. The van der Waals surface area contributed by atoms with Crippen LogP contribution in [0, 0.1) is 5.92 Å². The molecule has 0 bridgehead atoms. The Morgan fingerprint density at radius 3 is 2.28 bits per heavy atom. The maximum absolute atomic E-state index is 11.7. The maximum atomic E-state index is 11.7. The van der Waals surface area contributed by atoms with Gasteiger partial charge < -0.3 is 15.5 Å². The second-order valence-corrected chi connectivity index (χ2v) is 4.33. The molecule has 1 aromatic carbocycles. The number of carboxylic acids is 1. The number of carbonyl (C=O) groups excluding carboxylic acids is 1. The molecule has 0 radical (unpaired) electrons. The molecular formula is C13H17NO4. The first kappa shape index (κ1) is 14.0. The number of rotatable bonds is 5. The molecule has 2 atom stereocenters. The third-order valence-electron chi connectivity index (χ3n) is 2.83. The van der Waals surface area contributed by atoms with Gasteiger partial charge in [0.2, 0.25) is 5.91 Å². The van der Waals surface area contributed by atoms with Crippen LogP contribution >= 0.6 is 0 Å². The Kier molecular flexibility index (Phi) is 4.71. The van der Waals surface area contributed by atoms with Crippen molar-refractivity contribution in [2.45, 2.75) is 26.3 Å². The van der Waals surface area contributed by atoms with Gasteiger partial charge >= 0.3 is 5.97 Å². The van der Waals surface area contributed by atoms with Crippen LogP contribution in [0.15, 0.2) is 24.3 Å².